The van der Waals surface area contributed by atoms with E-state index in [2.05, 4.69) is 15.9 Å². The van der Waals surface area contributed by atoms with Gasteiger partial charge in [0, 0.05) is 23.6 Å². The minimum absolute atomic E-state index is 0.0935. The van der Waals surface area contributed by atoms with E-state index < -0.39 is 0 Å². The van der Waals surface area contributed by atoms with Crippen LogP contribution < -0.4 is 10.5 Å². The van der Waals surface area contributed by atoms with E-state index in [0.29, 0.717) is 12.3 Å². The molecule has 0 bridgehead atoms. The second-order valence-electron chi connectivity index (χ2n) is 3.34. The van der Waals surface area contributed by atoms with E-state index in [4.69, 9.17) is 15.2 Å². The summed E-state index contributed by atoms with van der Waals surface area (Å²) in [5, 5.41) is 0. The molecule has 0 amide bonds. The lowest BCUT2D eigenvalue weighted by Gasteiger charge is -2.09. The Bertz CT molecular complexity index is 323. The first kappa shape index (κ1) is 9.80. The molecule has 0 saturated heterocycles. The number of ether oxygens (including phenoxy) is 2. The lowest BCUT2D eigenvalue weighted by Crippen LogP contribution is -2.19. The van der Waals surface area contributed by atoms with Crippen molar-refractivity contribution in [1.82, 2.24) is 0 Å². The van der Waals surface area contributed by atoms with E-state index in [1.165, 1.54) is 0 Å². The number of methoxy groups -OCH3 is 1. The van der Waals surface area contributed by atoms with Gasteiger partial charge in [0.15, 0.2) is 0 Å². The number of fused-ring (bicyclic) bond motifs is 1. The monoisotopic (exact) mass is 257 g/mol. The normalized spacial score (nSPS) is 19.1. The summed E-state index contributed by atoms with van der Waals surface area (Å²) in [6.45, 7) is 0.598. The van der Waals surface area contributed by atoms with E-state index in [-0.39, 0.29) is 6.10 Å². The summed E-state index contributed by atoms with van der Waals surface area (Å²) in [6.07, 6.45) is 0.949. The third kappa shape index (κ3) is 1.60. The van der Waals surface area contributed by atoms with Crippen molar-refractivity contribution in [3.8, 4) is 5.75 Å². The molecule has 1 atom stereocenters. The van der Waals surface area contributed by atoms with Crippen molar-refractivity contribution >= 4 is 21.6 Å². The summed E-state index contributed by atoms with van der Waals surface area (Å²) in [6, 6.07) is 3.80. The minimum atomic E-state index is 0.0935. The van der Waals surface area contributed by atoms with Crippen LogP contribution in [0.15, 0.2) is 16.6 Å². The fourth-order valence-electron chi connectivity index (χ4n) is 1.67. The first-order valence-electron chi connectivity index (χ1n) is 4.45. The van der Waals surface area contributed by atoms with Crippen LogP contribution in [0.25, 0.3) is 0 Å². The Morgan fingerprint density at radius 2 is 2.43 bits per heavy atom. The van der Waals surface area contributed by atoms with Gasteiger partial charge >= 0.3 is 0 Å². The molecule has 3 nitrogen and oxygen atoms in total. The van der Waals surface area contributed by atoms with Crippen LogP contribution in [0.3, 0.4) is 0 Å². The van der Waals surface area contributed by atoms with Crippen LogP contribution in [0, 0.1) is 0 Å². The highest BCUT2D eigenvalue weighted by molar-refractivity contribution is 9.10. The zero-order chi connectivity index (χ0) is 10.1. The molecule has 1 aromatic carbocycles. The van der Waals surface area contributed by atoms with E-state index in [0.717, 1.165) is 22.2 Å². The molecule has 0 radical (unpaired) electrons. The van der Waals surface area contributed by atoms with Crippen LogP contribution >= 0.6 is 15.9 Å². The Morgan fingerprint density at radius 3 is 3.07 bits per heavy atom. The lowest BCUT2D eigenvalue weighted by atomic mass is 10.1. The summed E-state index contributed by atoms with van der Waals surface area (Å²) < 4.78 is 11.8. The minimum Gasteiger partial charge on any atom is -0.485 e. The Kier molecular flexibility index (Phi) is 2.65. The van der Waals surface area contributed by atoms with Gasteiger partial charge < -0.3 is 15.2 Å². The topological polar surface area (TPSA) is 44.5 Å². The third-order valence-corrected chi connectivity index (χ3v) is 3.05. The molecule has 4 heteroatoms. The molecule has 1 unspecified atom stereocenters. The number of hydrogen-bond donors (Lipinski definition) is 1. The molecule has 2 rings (SSSR count). The maximum atomic E-state index is 5.81. The number of hydrogen-bond acceptors (Lipinski definition) is 3. The summed E-state index contributed by atoms with van der Waals surface area (Å²) in [4.78, 5) is 0. The van der Waals surface area contributed by atoms with Crippen LogP contribution in [-0.2, 0) is 11.2 Å². The fraction of sp³-hybridized carbons (Fsp3) is 0.400. The van der Waals surface area contributed by atoms with Gasteiger partial charge in [0.2, 0.25) is 0 Å². The first-order chi connectivity index (χ1) is 6.72. The summed E-state index contributed by atoms with van der Waals surface area (Å²) in [5.41, 5.74) is 7.65. The smallest absolute Gasteiger partial charge is 0.147 e. The van der Waals surface area contributed by atoms with Crippen LogP contribution in [0.1, 0.15) is 5.56 Å². The van der Waals surface area contributed by atoms with Gasteiger partial charge in [0.1, 0.15) is 11.9 Å². The zero-order valence-corrected chi connectivity index (χ0v) is 9.50. The molecule has 0 aromatic heterocycles. The number of nitrogen functional groups attached to an aromatic ring is 1. The molecule has 1 heterocycles. The van der Waals surface area contributed by atoms with Crippen LogP contribution in [0.4, 0.5) is 5.69 Å². The predicted molar refractivity (Wildman–Crippen MR) is 58.6 cm³/mol. The number of rotatable bonds is 2. The summed E-state index contributed by atoms with van der Waals surface area (Å²) in [5.74, 6) is 0.807. The number of anilines is 1. The van der Waals surface area contributed by atoms with Gasteiger partial charge in [-0.3, -0.25) is 0 Å². The molecule has 0 spiro atoms. The van der Waals surface area contributed by atoms with E-state index in [1.807, 2.05) is 12.1 Å². The van der Waals surface area contributed by atoms with E-state index >= 15 is 0 Å². The average molecular weight is 258 g/mol. The van der Waals surface area contributed by atoms with Crippen molar-refractivity contribution < 1.29 is 9.47 Å². The number of nitrogens with two attached hydrogens (primary N) is 1. The van der Waals surface area contributed by atoms with Crippen molar-refractivity contribution in [3.05, 3.63) is 22.2 Å². The molecule has 76 valence electrons. The molecular weight excluding hydrogens is 246 g/mol. The van der Waals surface area contributed by atoms with Gasteiger partial charge in [-0.05, 0) is 12.1 Å². The van der Waals surface area contributed by atoms with Crippen molar-refractivity contribution in [3.63, 3.8) is 0 Å². The molecule has 0 saturated carbocycles. The second kappa shape index (κ2) is 3.79. The molecule has 1 aromatic rings. The Morgan fingerprint density at radius 1 is 1.64 bits per heavy atom. The number of halogens is 1. The summed E-state index contributed by atoms with van der Waals surface area (Å²) in [7, 11) is 1.67. The van der Waals surface area contributed by atoms with Gasteiger partial charge in [-0.15, -0.1) is 0 Å². The molecule has 0 fully saturated rings. The first-order valence-corrected chi connectivity index (χ1v) is 5.24. The van der Waals surface area contributed by atoms with Crippen molar-refractivity contribution in [2.45, 2.75) is 12.5 Å². The van der Waals surface area contributed by atoms with Crippen molar-refractivity contribution in [2.24, 2.45) is 0 Å². The van der Waals surface area contributed by atoms with Gasteiger partial charge in [-0.25, -0.2) is 0 Å². The number of benzene rings is 1. The zero-order valence-electron chi connectivity index (χ0n) is 7.92. The quantitative estimate of drug-likeness (QED) is 0.825. The highest BCUT2D eigenvalue weighted by Crippen LogP contribution is 2.39. The Balaban J connectivity index is 2.29. The van der Waals surface area contributed by atoms with E-state index in [1.54, 1.807) is 7.11 Å². The standard InChI is InChI=1S/C10H12BrNO2/c1-13-5-6-4-7-8(11)2-3-9(12)10(7)14-6/h2-3,6H,4-5,12H2,1H3. The third-order valence-electron chi connectivity index (χ3n) is 2.30. The van der Waals surface area contributed by atoms with E-state index in [9.17, 15) is 0 Å². The molecular formula is C10H12BrNO2. The van der Waals surface area contributed by atoms with Gasteiger partial charge in [-0.1, -0.05) is 15.9 Å². The fourth-order valence-corrected chi connectivity index (χ4v) is 2.14. The molecule has 1 aliphatic rings. The molecule has 0 aliphatic carbocycles. The lowest BCUT2D eigenvalue weighted by molar-refractivity contribution is 0.0955. The maximum Gasteiger partial charge on any atom is 0.147 e. The average Bonchev–Trinajstić information content (AvgIpc) is 2.57. The SMILES string of the molecule is COCC1Cc2c(Br)ccc(N)c2O1. The highest BCUT2D eigenvalue weighted by Gasteiger charge is 2.26. The van der Waals surface area contributed by atoms with Crippen LogP contribution in [-0.4, -0.2) is 19.8 Å². The Hall–Kier alpha value is -0.740. The highest BCUT2D eigenvalue weighted by atomic mass is 79.9. The van der Waals surface area contributed by atoms with Gasteiger partial charge in [0.05, 0.1) is 12.3 Å². The molecule has 14 heavy (non-hydrogen) atoms. The largest absolute Gasteiger partial charge is 0.485 e. The molecule has 2 N–H and O–H groups in total. The summed E-state index contributed by atoms with van der Waals surface area (Å²) >= 11 is 3.48. The predicted octanol–water partition coefficient (Wildman–Crippen LogP) is 1.98. The maximum absolute atomic E-state index is 5.81. The van der Waals surface area contributed by atoms with Crippen LogP contribution in [0.2, 0.25) is 0 Å². The second-order valence-corrected chi connectivity index (χ2v) is 4.20. The Labute approximate surface area is 91.3 Å². The van der Waals surface area contributed by atoms with Crippen molar-refractivity contribution in [2.75, 3.05) is 19.5 Å². The van der Waals surface area contributed by atoms with Crippen molar-refractivity contribution in [1.29, 1.82) is 0 Å². The van der Waals surface area contributed by atoms with Gasteiger partial charge in [-0.2, -0.15) is 0 Å². The van der Waals surface area contributed by atoms with Crippen LogP contribution in [0.5, 0.6) is 5.75 Å². The van der Waals surface area contributed by atoms with Gasteiger partial charge in [0.25, 0.3) is 0 Å². The molecule has 1 aliphatic heterocycles.